The van der Waals surface area contributed by atoms with Gasteiger partial charge < -0.3 is 16.0 Å². The highest BCUT2D eigenvalue weighted by atomic mass is 79.9. The summed E-state index contributed by atoms with van der Waals surface area (Å²) in [5, 5.41) is 3.97. The molecule has 5 nitrogen and oxygen atoms in total. The average molecular weight is 513 g/mol. The molecule has 0 aromatic heterocycles. The van der Waals surface area contributed by atoms with E-state index in [4.69, 9.17) is 28.9 Å². The first-order valence-corrected chi connectivity index (χ1v) is 11.3. The second-order valence-electron chi connectivity index (χ2n) is 7.61. The van der Waals surface area contributed by atoms with Crippen molar-refractivity contribution in [1.82, 2.24) is 10.2 Å². The summed E-state index contributed by atoms with van der Waals surface area (Å²) in [6.07, 6.45) is 1.74. The van der Waals surface area contributed by atoms with Crippen molar-refractivity contribution in [1.29, 1.82) is 0 Å². The topological polar surface area (TPSA) is 75.4 Å². The molecular weight excluding hydrogens is 489 g/mol. The number of rotatable bonds is 8. The number of hydrogen-bond acceptors (Lipinski definition) is 3. The molecule has 1 aliphatic rings. The molecule has 1 fully saturated rings. The molecular formula is C22H24BrCl2N3O2. The number of carbonyl (C=O) groups excluding carboxylic acids is 2. The van der Waals surface area contributed by atoms with Gasteiger partial charge in [-0.15, -0.1) is 0 Å². The van der Waals surface area contributed by atoms with Crippen LogP contribution in [0.25, 0.3) is 0 Å². The molecule has 8 heteroatoms. The van der Waals surface area contributed by atoms with E-state index < -0.39 is 11.5 Å². The molecule has 2 aromatic carbocycles. The second-order valence-corrected chi connectivity index (χ2v) is 9.37. The van der Waals surface area contributed by atoms with Crippen LogP contribution in [0.15, 0.2) is 46.9 Å². The SMILES string of the molecule is CN(CCN)C(=O)[C@H](Cc1ccc(Br)cc1)NC(=O)C1(c2ccc(Cl)cc2Cl)CC1. The predicted octanol–water partition coefficient (Wildman–Crippen LogP) is 3.93. The van der Waals surface area contributed by atoms with Gasteiger partial charge in [0, 0.05) is 41.1 Å². The number of likely N-dealkylation sites (N-methyl/N-ethyl adjacent to an activating group) is 1. The molecule has 0 bridgehead atoms. The summed E-state index contributed by atoms with van der Waals surface area (Å²) < 4.78 is 0.952. The van der Waals surface area contributed by atoms with E-state index in [9.17, 15) is 9.59 Å². The normalized spacial score (nSPS) is 15.4. The van der Waals surface area contributed by atoms with Crippen LogP contribution in [0.4, 0.5) is 0 Å². The van der Waals surface area contributed by atoms with Crippen LogP contribution in [0, 0.1) is 0 Å². The maximum absolute atomic E-state index is 13.3. The van der Waals surface area contributed by atoms with Gasteiger partial charge in [-0.25, -0.2) is 0 Å². The van der Waals surface area contributed by atoms with Crippen LogP contribution in [0.5, 0.6) is 0 Å². The van der Waals surface area contributed by atoms with Crippen molar-refractivity contribution in [3.63, 3.8) is 0 Å². The number of nitrogens with zero attached hydrogens (tertiary/aromatic N) is 1. The van der Waals surface area contributed by atoms with Crippen molar-refractivity contribution < 1.29 is 9.59 Å². The zero-order valence-corrected chi connectivity index (χ0v) is 19.7. The zero-order valence-electron chi connectivity index (χ0n) is 16.6. The van der Waals surface area contributed by atoms with E-state index in [1.165, 1.54) is 0 Å². The van der Waals surface area contributed by atoms with E-state index >= 15 is 0 Å². The molecule has 0 spiro atoms. The zero-order chi connectivity index (χ0) is 21.9. The van der Waals surface area contributed by atoms with Crippen molar-refractivity contribution in [3.05, 3.63) is 68.1 Å². The summed E-state index contributed by atoms with van der Waals surface area (Å²) in [6, 6.07) is 12.2. The van der Waals surface area contributed by atoms with Crippen LogP contribution in [-0.2, 0) is 21.4 Å². The second kappa shape index (κ2) is 9.69. The summed E-state index contributed by atoms with van der Waals surface area (Å²) in [4.78, 5) is 27.9. The first-order chi connectivity index (χ1) is 14.3. The highest BCUT2D eigenvalue weighted by Crippen LogP contribution is 2.51. The van der Waals surface area contributed by atoms with Crippen LogP contribution in [0.1, 0.15) is 24.0 Å². The summed E-state index contributed by atoms with van der Waals surface area (Å²) in [6.45, 7) is 0.769. The molecule has 0 unspecified atom stereocenters. The van der Waals surface area contributed by atoms with Gasteiger partial charge in [-0.3, -0.25) is 9.59 Å². The number of halogens is 3. The molecule has 3 N–H and O–H groups in total. The Kier molecular flexibility index (Phi) is 7.45. The molecule has 2 amide bonds. The van der Waals surface area contributed by atoms with E-state index in [1.54, 1.807) is 30.1 Å². The van der Waals surface area contributed by atoms with Crippen molar-refractivity contribution in [3.8, 4) is 0 Å². The van der Waals surface area contributed by atoms with E-state index in [-0.39, 0.29) is 11.8 Å². The number of amides is 2. The number of benzene rings is 2. The van der Waals surface area contributed by atoms with E-state index in [0.717, 1.165) is 15.6 Å². The largest absolute Gasteiger partial charge is 0.343 e. The Morgan fingerprint density at radius 1 is 1.20 bits per heavy atom. The van der Waals surface area contributed by atoms with Crippen molar-refractivity contribution >= 4 is 50.9 Å². The Morgan fingerprint density at radius 2 is 1.87 bits per heavy atom. The van der Waals surface area contributed by atoms with Gasteiger partial charge in [0.05, 0.1) is 5.41 Å². The molecule has 1 atom stereocenters. The third kappa shape index (κ3) is 5.17. The van der Waals surface area contributed by atoms with Crippen LogP contribution in [-0.4, -0.2) is 42.9 Å². The molecule has 0 radical (unpaired) electrons. The minimum absolute atomic E-state index is 0.172. The Hall–Kier alpha value is -1.60. The molecule has 0 aliphatic heterocycles. The lowest BCUT2D eigenvalue weighted by Gasteiger charge is -2.27. The fraction of sp³-hybridized carbons (Fsp3) is 0.364. The summed E-state index contributed by atoms with van der Waals surface area (Å²) in [7, 11) is 1.69. The van der Waals surface area contributed by atoms with Gasteiger partial charge in [0.1, 0.15) is 6.04 Å². The number of nitrogens with two attached hydrogens (primary N) is 1. The van der Waals surface area contributed by atoms with Gasteiger partial charge in [-0.1, -0.05) is 57.3 Å². The Labute approximate surface area is 195 Å². The molecule has 3 rings (SSSR count). The van der Waals surface area contributed by atoms with Crippen LogP contribution >= 0.6 is 39.1 Å². The Morgan fingerprint density at radius 3 is 2.43 bits per heavy atom. The number of nitrogens with one attached hydrogen (secondary N) is 1. The van der Waals surface area contributed by atoms with E-state index in [1.807, 2.05) is 24.3 Å². The lowest BCUT2D eigenvalue weighted by molar-refractivity contribution is -0.136. The molecule has 160 valence electrons. The smallest absolute Gasteiger partial charge is 0.245 e. The summed E-state index contributed by atoms with van der Waals surface area (Å²) in [5.41, 5.74) is 6.59. The molecule has 1 saturated carbocycles. The Bertz CT molecular complexity index is 932. The minimum Gasteiger partial charge on any atom is -0.343 e. The fourth-order valence-electron chi connectivity index (χ4n) is 3.54. The minimum atomic E-state index is -0.716. The van der Waals surface area contributed by atoms with Crippen molar-refractivity contribution in [2.45, 2.75) is 30.7 Å². The molecule has 1 aliphatic carbocycles. The maximum atomic E-state index is 13.3. The van der Waals surface area contributed by atoms with Gasteiger partial charge in [0.25, 0.3) is 0 Å². The monoisotopic (exact) mass is 511 g/mol. The highest BCUT2D eigenvalue weighted by Gasteiger charge is 2.53. The molecule has 30 heavy (non-hydrogen) atoms. The first kappa shape index (κ1) is 23.1. The van der Waals surface area contributed by atoms with Gasteiger partial charge in [-0.05, 0) is 48.2 Å². The van der Waals surface area contributed by atoms with Gasteiger partial charge >= 0.3 is 0 Å². The van der Waals surface area contributed by atoms with Crippen LogP contribution in [0.2, 0.25) is 10.0 Å². The summed E-state index contributed by atoms with van der Waals surface area (Å²) in [5.74, 6) is -0.363. The maximum Gasteiger partial charge on any atom is 0.245 e. The predicted molar refractivity (Wildman–Crippen MR) is 124 cm³/mol. The van der Waals surface area contributed by atoms with Crippen molar-refractivity contribution in [2.75, 3.05) is 20.1 Å². The lowest BCUT2D eigenvalue weighted by atomic mass is 9.94. The number of carbonyl (C=O) groups is 2. The third-order valence-electron chi connectivity index (χ3n) is 5.43. The Balaban J connectivity index is 1.83. The molecule has 0 heterocycles. The standard InChI is InChI=1S/C22H24BrCl2N3O2/c1-28(11-10-26)20(29)19(12-14-2-4-15(23)5-3-14)27-21(30)22(8-9-22)17-7-6-16(24)13-18(17)25/h2-7,13,19H,8-12,26H2,1H3,(H,27,30)/t19-/m0/s1. The highest BCUT2D eigenvalue weighted by molar-refractivity contribution is 9.10. The van der Waals surface area contributed by atoms with E-state index in [0.29, 0.717) is 42.4 Å². The average Bonchev–Trinajstić information content (AvgIpc) is 3.50. The van der Waals surface area contributed by atoms with E-state index in [2.05, 4.69) is 21.2 Å². The first-order valence-electron chi connectivity index (χ1n) is 9.73. The van der Waals surface area contributed by atoms with Gasteiger partial charge in [0.15, 0.2) is 0 Å². The quantitative estimate of drug-likeness (QED) is 0.562. The van der Waals surface area contributed by atoms with Crippen LogP contribution < -0.4 is 11.1 Å². The van der Waals surface area contributed by atoms with Crippen molar-refractivity contribution in [2.24, 2.45) is 5.73 Å². The van der Waals surface area contributed by atoms with Gasteiger partial charge in [-0.2, -0.15) is 0 Å². The molecule has 2 aromatic rings. The summed E-state index contributed by atoms with van der Waals surface area (Å²) >= 11 is 15.8. The lowest BCUT2D eigenvalue weighted by Crippen LogP contribution is -2.52. The van der Waals surface area contributed by atoms with Crippen LogP contribution in [0.3, 0.4) is 0 Å². The third-order valence-corrected chi connectivity index (χ3v) is 6.51. The molecule has 0 saturated heterocycles. The van der Waals surface area contributed by atoms with Gasteiger partial charge in [0.2, 0.25) is 11.8 Å². The fourth-order valence-corrected chi connectivity index (χ4v) is 4.40. The number of hydrogen-bond donors (Lipinski definition) is 2.